The molecule has 0 amide bonds. The van der Waals surface area contributed by atoms with Crippen molar-refractivity contribution >= 4 is 89.9 Å². The van der Waals surface area contributed by atoms with Crippen LogP contribution in [0.3, 0.4) is 0 Å². The summed E-state index contributed by atoms with van der Waals surface area (Å²) in [7, 11) is -3.81. The molecule has 0 N–H and O–H groups in total. The Kier molecular flexibility index (Phi) is 6.33. The second-order valence-electron chi connectivity index (χ2n) is 5.35. The van der Waals surface area contributed by atoms with Gasteiger partial charge >= 0.3 is 58.2 Å². The second-order valence-corrected chi connectivity index (χ2v) is 6.93. The van der Waals surface area contributed by atoms with Gasteiger partial charge in [0.2, 0.25) is 0 Å². The Morgan fingerprint density at radius 3 is 2.26 bits per heavy atom. The average molecular weight is 399 g/mol. The maximum absolute atomic E-state index is 12.4. The molecule has 3 aromatic carbocycles. The molecule has 0 saturated heterocycles. The molecule has 3 rings (SSSR count). The molecular formula is C18H17O3RbS. The first-order valence-electron chi connectivity index (χ1n) is 6.93. The summed E-state index contributed by atoms with van der Waals surface area (Å²) in [6.45, 7) is 5.39. The molecule has 3 aromatic rings. The van der Waals surface area contributed by atoms with Crippen LogP contribution in [-0.4, -0.2) is 73.2 Å². The summed E-state index contributed by atoms with van der Waals surface area (Å²) < 4.78 is 29.9. The molecule has 3 nitrogen and oxygen atoms in total. The van der Waals surface area contributed by atoms with Gasteiger partial charge in [0.25, 0.3) is 10.1 Å². The Morgan fingerprint density at radius 2 is 1.61 bits per heavy atom. The van der Waals surface area contributed by atoms with Gasteiger partial charge in [0, 0.05) is 5.39 Å². The topological polar surface area (TPSA) is 43.4 Å². The van der Waals surface area contributed by atoms with Crippen LogP contribution >= 0.6 is 0 Å². The first-order valence-corrected chi connectivity index (χ1v) is 8.33. The van der Waals surface area contributed by atoms with Crippen LogP contribution in [0, 0.1) is 0 Å². The number of benzene rings is 3. The van der Waals surface area contributed by atoms with E-state index in [2.05, 4.69) is 6.58 Å². The van der Waals surface area contributed by atoms with Crippen LogP contribution in [0.5, 0.6) is 0 Å². The van der Waals surface area contributed by atoms with E-state index in [4.69, 9.17) is 4.18 Å². The quantitative estimate of drug-likeness (QED) is 0.383. The van der Waals surface area contributed by atoms with Crippen molar-refractivity contribution in [3.63, 3.8) is 0 Å². The second kappa shape index (κ2) is 7.68. The van der Waals surface area contributed by atoms with Gasteiger partial charge in [-0.15, -0.1) is 0 Å². The monoisotopic (exact) mass is 398 g/mol. The molecule has 0 aliphatic carbocycles. The van der Waals surface area contributed by atoms with Crippen molar-refractivity contribution in [2.24, 2.45) is 0 Å². The SMILES string of the molecule is C=C(C)COS(=O)(=O)c1cccc2cc3ccccc3cc12.[RbH]. The molecule has 23 heavy (non-hydrogen) atoms. The third-order valence-corrected chi connectivity index (χ3v) is 4.76. The van der Waals surface area contributed by atoms with Gasteiger partial charge in [0.05, 0.1) is 6.61 Å². The predicted molar refractivity (Wildman–Crippen MR) is 96.6 cm³/mol. The van der Waals surface area contributed by atoms with Crippen molar-refractivity contribution in [2.75, 3.05) is 6.61 Å². The number of fused-ring (bicyclic) bond motifs is 2. The zero-order chi connectivity index (χ0) is 15.7. The molecular weight excluding hydrogens is 382 g/mol. The van der Waals surface area contributed by atoms with Crippen molar-refractivity contribution in [2.45, 2.75) is 11.8 Å². The van der Waals surface area contributed by atoms with Gasteiger partial charge in [-0.1, -0.05) is 48.6 Å². The molecule has 114 valence electrons. The van der Waals surface area contributed by atoms with Crippen molar-refractivity contribution in [1.82, 2.24) is 0 Å². The number of rotatable bonds is 4. The van der Waals surface area contributed by atoms with Gasteiger partial charge in [-0.2, -0.15) is 8.42 Å². The summed E-state index contributed by atoms with van der Waals surface area (Å²) in [6, 6.07) is 17.0. The fourth-order valence-electron chi connectivity index (χ4n) is 2.40. The predicted octanol–water partition coefficient (Wildman–Crippen LogP) is 3.63. The summed E-state index contributed by atoms with van der Waals surface area (Å²) in [5, 5.41) is 3.62. The molecule has 0 radical (unpaired) electrons. The van der Waals surface area contributed by atoms with E-state index in [1.807, 2.05) is 42.5 Å². The van der Waals surface area contributed by atoms with Gasteiger partial charge in [-0.05, 0) is 41.3 Å². The van der Waals surface area contributed by atoms with Gasteiger partial charge < -0.3 is 0 Å². The van der Waals surface area contributed by atoms with E-state index in [0.717, 1.165) is 16.2 Å². The van der Waals surface area contributed by atoms with Crippen molar-refractivity contribution in [3.05, 3.63) is 66.7 Å². The van der Waals surface area contributed by atoms with Gasteiger partial charge in [-0.25, -0.2) is 0 Å². The Bertz CT molecular complexity index is 978. The summed E-state index contributed by atoms with van der Waals surface area (Å²) >= 11 is 0. The van der Waals surface area contributed by atoms with Gasteiger partial charge in [-0.3, -0.25) is 4.18 Å². The van der Waals surface area contributed by atoms with Crippen molar-refractivity contribution in [3.8, 4) is 0 Å². The molecule has 0 unspecified atom stereocenters. The zero-order valence-corrected chi connectivity index (χ0v) is 13.1. The Balaban J connectivity index is 0.00000192. The van der Waals surface area contributed by atoms with E-state index in [9.17, 15) is 8.42 Å². The molecule has 0 aliphatic rings. The van der Waals surface area contributed by atoms with Crippen molar-refractivity contribution < 1.29 is 12.6 Å². The standard InChI is InChI=1S/C18H16O3S.Rb.H/c1-13(2)12-21-22(19,20)18-9-5-8-16-10-14-6-3-4-7-15(14)11-17(16)18;;/h3-11H,1,12H2,2H3;;. The van der Waals surface area contributed by atoms with Crippen LogP contribution in [-0.2, 0) is 14.3 Å². The van der Waals surface area contributed by atoms with Gasteiger partial charge in [0.15, 0.2) is 0 Å². The molecule has 0 fully saturated rings. The summed E-state index contributed by atoms with van der Waals surface area (Å²) in [5.74, 6) is 0. The first kappa shape index (κ1) is 19.0. The van der Waals surface area contributed by atoms with Crippen LogP contribution < -0.4 is 0 Å². The van der Waals surface area contributed by atoms with E-state index >= 15 is 0 Å². The van der Waals surface area contributed by atoms with Gasteiger partial charge in [0.1, 0.15) is 4.90 Å². The fourth-order valence-corrected chi connectivity index (χ4v) is 3.57. The average Bonchev–Trinajstić information content (AvgIpc) is 2.50. The van der Waals surface area contributed by atoms with E-state index in [1.165, 1.54) is 0 Å². The summed E-state index contributed by atoms with van der Waals surface area (Å²) in [6.07, 6.45) is 0. The maximum atomic E-state index is 12.4. The Hall–Kier alpha value is -0.365. The van der Waals surface area contributed by atoms with Crippen LogP contribution in [0.25, 0.3) is 21.5 Å². The van der Waals surface area contributed by atoms with E-state index in [1.54, 1.807) is 19.1 Å². The first-order chi connectivity index (χ1) is 10.5. The molecule has 0 aromatic heterocycles. The fraction of sp³-hybridized carbons (Fsp3) is 0.111. The van der Waals surface area contributed by atoms with E-state index in [-0.39, 0.29) is 69.7 Å². The van der Waals surface area contributed by atoms with Crippen LogP contribution in [0.2, 0.25) is 0 Å². The summed E-state index contributed by atoms with van der Waals surface area (Å²) in [4.78, 5) is 0.192. The summed E-state index contributed by atoms with van der Waals surface area (Å²) in [5.41, 5.74) is 0.661. The molecule has 0 aliphatic heterocycles. The molecule has 0 saturated carbocycles. The number of hydrogen-bond acceptors (Lipinski definition) is 3. The zero-order valence-electron chi connectivity index (χ0n) is 12.2. The third-order valence-electron chi connectivity index (χ3n) is 3.44. The Labute approximate surface area is 185 Å². The van der Waals surface area contributed by atoms with Crippen molar-refractivity contribution in [1.29, 1.82) is 0 Å². The van der Waals surface area contributed by atoms with E-state index in [0.29, 0.717) is 11.0 Å². The minimum absolute atomic E-state index is 0. The molecule has 0 heterocycles. The van der Waals surface area contributed by atoms with Crippen LogP contribution in [0.1, 0.15) is 6.92 Å². The number of hydrogen-bond donors (Lipinski definition) is 0. The van der Waals surface area contributed by atoms with Crippen LogP contribution in [0.4, 0.5) is 0 Å². The normalized spacial score (nSPS) is 11.3. The molecule has 5 heteroatoms. The minimum atomic E-state index is -3.81. The van der Waals surface area contributed by atoms with E-state index < -0.39 is 10.1 Å². The van der Waals surface area contributed by atoms with Crippen LogP contribution in [0.15, 0.2) is 71.6 Å². The third kappa shape index (κ3) is 4.19. The molecule has 0 spiro atoms. The Morgan fingerprint density at radius 1 is 1.00 bits per heavy atom. The molecule has 0 atom stereocenters. The molecule has 0 bridgehead atoms.